The highest BCUT2D eigenvalue weighted by atomic mass is 19.1. The zero-order valence-corrected chi connectivity index (χ0v) is 13.0. The third kappa shape index (κ3) is 2.98. The van der Waals surface area contributed by atoms with Gasteiger partial charge in [0.15, 0.2) is 0 Å². The summed E-state index contributed by atoms with van der Waals surface area (Å²) in [4.78, 5) is 19.0. The molecule has 0 spiro atoms. The molecule has 0 bridgehead atoms. The van der Waals surface area contributed by atoms with E-state index in [1.807, 2.05) is 13.0 Å². The molecular formula is C16H16FN5O. The number of aryl methyl sites for hydroxylation is 2. The van der Waals surface area contributed by atoms with Crippen LogP contribution in [-0.2, 0) is 0 Å². The lowest BCUT2D eigenvalue weighted by molar-refractivity contribution is 0.628. The van der Waals surface area contributed by atoms with Gasteiger partial charge in [-0.1, -0.05) is 0 Å². The summed E-state index contributed by atoms with van der Waals surface area (Å²) in [5.41, 5.74) is 2.48. The molecule has 118 valence electrons. The zero-order chi connectivity index (χ0) is 16.6. The molecule has 6 nitrogen and oxygen atoms in total. The van der Waals surface area contributed by atoms with Gasteiger partial charge in [-0.15, -0.1) is 0 Å². The minimum absolute atomic E-state index is 0.201. The fourth-order valence-corrected chi connectivity index (χ4v) is 2.16. The number of nitrogens with one attached hydrogen (secondary N) is 2. The third-order valence-electron chi connectivity index (χ3n) is 3.53. The molecule has 0 aliphatic carbocycles. The van der Waals surface area contributed by atoms with Gasteiger partial charge in [-0.3, -0.25) is 9.78 Å². The Morgan fingerprint density at radius 3 is 2.52 bits per heavy atom. The lowest BCUT2D eigenvalue weighted by atomic mass is 10.3. The van der Waals surface area contributed by atoms with Crippen LogP contribution in [0.1, 0.15) is 17.0 Å². The Balaban J connectivity index is 2.04. The minimum atomic E-state index is -0.305. The standard InChI is InChI=1S/C16H16FN5O/c1-9-8-14(19-13-6-4-12(17)5-7-13)22(21-9)16-18-11(3)10(2)15(23)20-16/h4-8,19H,1-3H3,(H,18,20,23). The molecule has 23 heavy (non-hydrogen) atoms. The highest BCUT2D eigenvalue weighted by molar-refractivity contribution is 5.58. The summed E-state index contributed by atoms with van der Waals surface area (Å²) < 4.78 is 14.5. The first kappa shape index (κ1) is 15.0. The molecule has 3 rings (SSSR count). The molecule has 0 saturated heterocycles. The van der Waals surface area contributed by atoms with E-state index in [2.05, 4.69) is 20.4 Å². The van der Waals surface area contributed by atoms with E-state index in [0.717, 1.165) is 5.69 Å². The van der Waals surface area contributed by atoms with Crippen molar-refractivity contribution in [2.75, 3.05) is 5.32 Å². The van der Waals surface area contributed by atoms with Crippen LogP contribution >= 0.6 is 0 Å². The van der Waals surface area contributed by atoms with Crippen molar-refractivity contribution >= 4 is 11.5 Å². The Morgan fingerprint density at radius 2 is 1.87 bits per heavy atom. The largest absolute Gasteiger partial charge is 0.340 e. The fraction of sp³-hybridized carbons (Fsp3) is 0.188. The molecule has 0 unspecified atom stereocenters. The minimum Gasteiger partial charge on any atom is -0.340 e. The number of hydrogen-bond donors (Lipinski definition) is 2. The average molecular weight is 313 g/mol. The van der Waals surface area contributed by atoms with Crippen molar-refractivity contribution in [3.63, 3.8) is 0 Å². The van der Waals surface area contributed by atoms with E-state index in [0.29, 0.717) is 28.7 Å². The second-order valence-corrected chi connectivity index (χ2v) is 5.31. The number of aromatic nitrogens is 4. The van der Waals surface area contributed by atoms with Crippen molar-refractivity contribution in [3.8, 4) is 5.95 Å². The molecule has 0 fully saturated rings. The number of hydrogen-bond acceptors (Lipinski definition) is 4. The van der Waals surface area contributed by atoms with E-state index in [-0.39, 0.29) is 11.4 Å². The number of nitrogens with zero attached hydrogens (tertiary/aromatic N) is 3. The van der Waals surface area contributed by atoms with E-state index in [4.69, 9.17) is 0 Å². The Kier molecular flexibility index (Phi) is 3.69. The summed E-state index contributed by atoms with van der Waals surface area (Å²) in [7, 11) is 0. The van der Waals surface area contributed by atoms with Gasteiger partial charge >= 0.3 is 0 Å². The van der Waals surface area contributed by atoms with Gasteiger partial charge in [0.1, 0.15) is 11.6 Å². The van der Waals surface area contributed by atoms with Crippen LogP contribution < -0.4 is 10.9 Å². The van der Waals surface area contributed by atoms with Crippen molar-refractivity contribution in [2.24, 2.45) is 0 Å². The number of benzene rings is 1. The lowest BCUT2D eigenvalue weighted by Crippen LogP contribution is -2.18. The molecule has 0 atom stereocenters. The summed E-state index contributed by atoms with van der Waals surface area (Å²) in [6.07, 6.45) is 0. The third-order valence-corrected chi connectivity index (χ3v) is 3.53. The maximum atomic E-state index is 13.0. The fourth-order valence-electron chi connectivity index (χ4n) is 2.16. The number of anilines is 2. The summed E-state index contributed by atoms with van der Waals surface area (Å²) in [6, 6.07) is 7.80. The van der Waals surface area contributed by atoms with E-state index < -0.39 is 0 Å². The van der Waals surface area contributed by atoms with Crippen LogP contribution in [0.2, 0.25) is 0 Å². The topological polar surface area (TPSA) is 75.6 Å². The van der Waals surface area contributed by atoms with E-state index in [9.17, 15) is 9.18 Å². The van der Waals surface area contributed by atoms with Crippen molar-refractivity contribution in [2.45, 2.75) is 20.8 Å². The molecule has 3 aromatic rings. The van der Waals surface area contributed by atoms with Crippen LogP contribution in [0.5, 0.6) is 0 Å². The monoisotopic (exact) mass is 313 g/mol. The molecular weight excluding hydrogens is 297 g/mol. The molecule has 1 aromatic carbocycles. The Hall–Kier alpha value is -2.96. The molecule has 0 amide bonds. The van der Waals surface area contributed by atoms with E-state index >= 15 is 0 Å². The smallest absolute Gasteiger partial charge is 0.255 e. The van der Waals surface area contributed by atoms with Crippen molar-refractivity contribution < 1.29 is 4.39 Å². The number of rotatable bonds is 3. The molecule has 0 aliphatic rings. The van der Waals surface area contributed by atoms with Gasteiger partial charge in [0.25, 0.3) is 5.56 Å². The van der Waals surface area contributed by atoms with Gasteiger partial charge in [-0.05, 0) is 45.0 Å². The van der Waals surface area contributed by atoms with Gasteiger partial charge in [0, 0.05) is 23.0 Å². The van der Waals surface area contributed by atoms with Gasteiger partial charge < -0.3 is 5.32 Å². The van der Waals surface area contributed by atoms with Gasteiger partial charge in [-0.2, -0.15) is 9.78 Å². The number of halogens is 1. The second kappa shape index (κ2) is 5.68. The summed E-state index contributed by atoms with van der Waals surface area (Å²) in [6.45, 7) is 5.33. The molecule has 0 saturated carbocycles. The zero-order valence-electron chi connectivity index (χ0n) is 13.0. The number of aromatic amines is 1. The molecule has 7 heteroatoms. The molecule has 0 aliphatic heterocycles. The number of H-pyrrole nitrogens is 1. The highest BCUT2D eigenvalue weighted by Gasteiger charge is 2.12. The van der Waals surface area contributed by atoms with Gasteiger partial charge in [-0.25, -0.2) is 9.37 Å². The van der Waals surface area contributed by atoms with Crippen LogP contribution in [0.4, 0.5) is 15.9 Å². The Morgan fingerprint density at radius 1 is 1.17 bits per heavy atom. The van der Waals surface area contributed by atoms with E-state index in [1.165, 1.54) is 16.8 Å². The maximum absolute atomic E-state index is 13.0. The predicted octanol–water partition coefficient (Wildman–Crippen LogP) is 2.76. The predicted molar refractivity (Wildman–Crippen MR) is 85.9 cm³/mol. The van der Waals surface area contributed by atoms with Crippen LogP contribution in [-0.4, -0.2) is 19.7 Å². The van der Waals surface area contributed by atoms with Crippen molar-refractivity contribution in [1.29, 1.82) is 0 Å². The molecule has 0 radical (unpaired) electrons. The first-order valence-electron chi connectivity index (χ1n) is 7.11. The van der Waals surface area contributed by atoms with Crippen LogP contribution in [0.3, 0.4) is 0 Å². The first-order chi connectivity index (χ1) is 10.9. The quantitative estimate of drug-likeness (QED) is 0.779. The summed E-state index contributed by atoms with van der Waals surface area (Å²) in [5, 5.41) is 7.50. The van der Waals surface area contributed by atoms with Crippen LogP contribution in [0.25, 0.3) is 5.95 Å². The first-order valence-corrected chi connectivity index (χ1v) is 7.11. The van der Waals surface area contributed by atoms with Crippen LogP contribution in [0, 0.1) is 26.6 Å². The summed E-state index contributed by atoms with van der Waals surface area (Å²) >= 11 is 0. The SMILES string of the molecule is Cc1cc(Nc2ccc(F)cc2)n(-c2nc(C)c(C)c(=O)[nH]2)n1. The molecule has 2 N–H and O–H groups in total. The molecule has 2 aromatic heterocycles. The van der Waals surface area contributed by atoms with Gasteiger partial charge in [0.2, 0.25) is 5.95 Å². The Bertz CT molecular complexity index is 911. The lowest BCUT2D eigenvalue weighted by Gasteiger charge is -2.10. The maximum Gasteiger partial charge on any atom is 0.255 e. The van der Waals surface area contributed by atoms with Crippen molar-refractivity contribution in [3.05, 3.63) is 63.5 Å². The Labute approximate surface area is 132 Å². The average Bonchev–Trinajstić information content (AvgIpc) is 2.87. The van der Waals surface area contributed by atoms with Crippen LogP contribution in [0.15, 0.2) is 35.1 Å². The molecule has 2 heterocycles. The normalized spacial score (nSPS) is 10.8. The summed E-state index contributed by atoms with van der Waals surface area (Å²) in [5.74, 6) is 0.650. The van der Waals surface area contributed by atoms with E-state index in [1.54, 1.807) is 26.0 Å². The second-order valence-electron chi connectivity index (χ2n) is 5.31. The highest BCUT2D eigenvalue weighted by Crippen LogP contribution is 2.20. The van der Waals surface area contributed by atoms with Crippen molar-refractivity contribution in [1.82, 2.24) is 19.7 Å². The van der Waals surface area contributed by atoms with Gasteiger partial charge in [0.05, 0.1) is 5.69 Å².